The van der Waals surface area contributed by atoms with Crippen LogP contribution in [0.15, 0.2) is 12.1 Å². The number of nitrogen functional groups attached to an aromatic ring is 1. The monoisotopic (exact) mass is 258 g/mol. The molecule has 90 valence electrons. The summed E-state index contributed by atoms with van der Waals surface area (Å²) in [6.45, 7) is 3.03. The fraction of sp³-hybridized carbons (Fsp3) is 0.500. The predicted molar refractivity (Wildman–Crippen MR) is 76.7 cm³/mol. The molecule has 0 unspecified atom stereocenters. The number of unbranched alkanes of at least 4 members (excludes halogenated alkanes) is 1. The van der Waals surface area contributed by atoms with Crippen LogP contribution in [0.25, 0.3) is 0 Å². The SMILES string of the molecule is CSCCCCNc1cc(Cl)c(N)cc1C. The zero-order valence-corrected chi connectivity index (χ0v) is 11.4. The summed E-state index contributed by atoms with van der Waals surface area (Å²) in [5.74, 6) is 1.23. The zero-order chi connectivity index (χ0) is 12.0. The highest BCUT2D eigenvalue weighted by atomic mass is 35.5. The molecule has 3 N–H and O–H groups in total. The Kier molecular flexibility index (Phi) is 5.85. The fourth-order valence-corrected chi connectivity index (χ4v) is 2.15. The number of hydrogen-bond acceptors (Lipinski definition) is 3. The second-order valence-electron chi connectivity index (χ2n) is 3.82. The van der Waals surface area contributed by atoms with Gasteiger partial charge in [0.15, 0.2) is 0 Å². The molecule has 1 aromatic carbocycles. The summed E-state index contributed by atoms with van der Waals surface area (Å²) in [5.41, 5.74) is 8.60. The highest BCUT2D eigenvalue weighted by Crippen LogP contribution is 2.26. The molecule has 0 bridgehead atoms. The minimum Gasteiger partial charge on any atom is -0.398 e. The van der Waals surface area contributed by atoms with Crippen LogP contribution in [-0.2, 0) is 0 Å². The van der Waals surface area contributed by atoms with E-state index in [1.54, 1.807) is 0 Å². The van der Waals surface area contributed by atoms with Gasteiger partial charge in [0.1, 0.15) is 0 Å². The number of anilines is 2. The van der Waals surface area contributed by atoms with Gasteiger partial charge < -0.3 is 11.1 Å². The largest absolute Gasteiger partial charge is 0.398 e. The number of rotatable bonds is 6. The Balaban J connectivity index is 2.45. The van der Waals surface area contributed by atoms with Crippen LogP contribution in [0.1, 0.15) is 18.4 Å². The van der Waals surface area contributed by atoms with Crippen LogP contribution in [0.3, 0.4) is 0 Å². The van der Waals surface area contributed by atoms with Gasteiger partial charge in [0.05, 0.1) is 10.7 Å². The van der Waals surface area contributed by atoms with Gasteiger partial charge in [-0.3, -0.25) is 0 Å². The molecule has 0 amide bonds. The highest BCUT2D eigenvalue weighted by Gasteiger charge is 2.02. The van der Waals surface area contributed by atoms with Gasteiger partial charge in [-0.2, -0.15) is 11.8 Å². The summed E-state index contributed by atoms with van der Waals surface area (Å²) in [7, 11) is 0. The van der Waals surface area contributed by atoms with Gasteiger partial charge >= 0.3 is 0 Å². The molecule has 2 nitrogen and oxygen atoms in total. The van der Waals surface area contributed by atoms with Crippen LogP contribution < -0.4 is 11.1 Å². The molecule has 0 aliphatic carbocycles. The number of hydrogen-bond donors (Lipinski definition) is 2. The van der Waals surface area contributed by atoms with Crippen molar-refractivity contribution in [2.75, 3.05) is 29.6 Å². The van der Waals surface area contributed by atoms with Crippen LogP contribution in [0.2, 0.25) is 5.02 Å². The van der Waals surface area contributed by atoms with Gasteiger partial charge in [0, 0.05) is 12.2 Å². The Morgan fingerprint density at radius 1 is 1.38 bits per heavy atom. The molecule has 0 aliphatic rings. The van der Waals surface area contributed by atoms with Gasteiger partial charge in [-0.25, -0.2) is 0 Å². The molecule has 0 aromatic heterocycles. The molecule has 0 saturated heterocycles. The van der Waals surface area contributed by atoms with E-state index in [0.29, 0.717) is 10.7 Å². The van der Waals surface area contributed by atoms with E-state index in [1.165, 1.54) is 18.6 Å². The molecule has 0 radical (unpaired) electrons. The van der Waals surface area contributed by atoms with Crippen molar-refractivity contribution in [3.8, 4) is 0 Å². The van der Waals surface area contributed by atoms with Gasteiger partial charge in [-0.15, -0.1) is 0 Å². The summed E-state index contributed by atoms with van der Waals surface area (Å²) in [6, 6.07) is 3.81. The number of nitrogens with one attached hydrogen (secondary N) is 1. The number of benzene rings is 1. The average Bonchev–Trinajstić information content (AvgIpc) is 2.25. The number of nitrogens with two attached hydrogens (primary N) is 1. The van der Waals surface area contributed by atoms with E-state index in [4.69, 9.17) is 17.3 Å². The summed E-state index contributed by atoms with van der Waals surface area (Å²) >= 11 is 7.87. The van der Waals surface area contributed by atoms with Crippen LogP contribution in [0, 0.1) is 6.92 Å². The van der Waals surface area contributed by atoms with Crippen molar-refractivity contribution < 1.29 is 0 Å². The van der Waals surface area contributed by atoms with Gasteiger partial charge in [0.2, 0.25) is 0 Å². The standard InChI is InChI=1S/C12H19ClN2S/c1-9-7-11(14)10(13)8-12(9)15-5-3-4-6-16-2/h7-8,15H,3-6,14H2,1-2H3. The predicted octanol–water partition coefficient (Wildman–Crippen LogP) is 3.79. The Bertz CT molecular complexity index is 342. The first-order chi connectivity index (χ1) is 7.65. The quantitative estimate of drug-likeness (QED) is 0.602. The van der Waals surface area contributed by atoms with E-state index in [9.17, 15) is 0 Å². The molecule has 0 atom stereocenters. The van der Waals surface area contributed by atoms with E-state index >= 15 is 0 Å². The molecule has 4 heteroatoms. The van der Waals surface area contributed by atoms with Gasteiger partial charge in [0.25, 0.3) is 0 Å². The Labute approximate surface area is 107 Å². The van der Waals surface area contributed by atoms with Crippen LogP contribution >= 0.6 is 23.4 Å². The van der Waals surface area contributed by atoms with E-state index in [2.05, 4.69) is 11.6 Å². The van der Waals surface area contributed by atoms with Crippen molar-refractivity contribution in [1.82, 2.24) is 0 Å². The third-order valence-corrected chi connectivity index (χ3v) is 3.46. The lowest BCUT2D eigenvalue weighted by atomic mass is 10.1. The van der Waals surface area contributed by atoms with E-state index in [0.717, 1.165) is 17.8 Å². The second-order valence-corrected chi connectivity index (χ2v) is 5.21. The van der Waals surface area contributed by atoms with Crippen molar-refractivity contribution in [3.63, 3.8) is 0 Å². The first-order valence-corrected chi connectivity index (χ1v) is 7.20. The topological polar surface area (TPSA) is 38.0 Å². The Morgan fingerprint density at radius 2 is 2.12 bits per heavy atom. The average molecular weight is 259 g/mol. The zero-order valence-electron chi connectivity index (χ0n) is 9.85. The summed E-state index contributed by atoms with van der Waals surface area (Å²) in [4.78, 5) is 0. The van der Waals surface area contributed by atoms with Crippen molar-refractivity contribution in [2.45, 2.75) is 19.8 Å². The summed E-state index contributed by atoms with van der Waals surface area (Å²) in [6.07, 6.45) is 4.56. The maximum Gasteiger partial charge on any atom is 0.0656 e. The van der Waals surface area contributed by atoms with Crippen LogP contribution in [0.4, 0.5) is 11.4 Å². The van der Waals surface area contributed by atoms with Crippen molar-refractivity contribution in [2.24, 2.45) is 0 Å². The lowest BCUT2D eigenvalue weighted by Gasteiger charge is -2.11. The third-order valence-electron chi connectivity index (χ3n) is 2.43. The number of thioether (sulfide) groups is 1. The molecule has 1 aromatic rings. The van der Waals surface area contributed by atoms with Crippen LogP contribution in [-0.4, -0.2) is 18.6 Å². The van der Waals surface area contributed by atoms with Crippen molar-refractivity contribution in [3.05, 3.63) is 22.7 Å². The van der Waals surface area contributed by atoms with E-state index in [1.807, 2.05) is 30.8 Å². The first-order valence-electron chi connectivity index (χ1n) is 5.43. The molecular formula is C12H19ClN2S. The third kappa shape index (κ3) is 4.14. The lowest BCUT2D eigenvalue weighted by Crippen LogP contribution is -2.04. The molecule has 1 rings (SSSR count). The van der Waals surface area contributed by atoms with Crippen LogP contribution in [0.5, 0.6) is 0 Å². The highest BCUT2D eigenvalue weighted by molar-refractivity contribution is 7.98. The molecule has 16 heavy (non-hydrogen) atoms. The maximum atomic E-state index is 5.98. The molecule has 0 heterocycles. The van der Waals surface area contributed by atoms with Crippen molar-refractivity contribution in [1.29, 1.82) is 0 Å². The Morgan fingerprint density at radius 3 is 2.81 bits per heavy atom. The molecule has 0 aliphatic heterocycles. The van der Waals surface area contributed by atoms with E-state index in [-0.39, 0.29) is 0 Å². The fourth-order valence-electron chi connectivity index (χ4n) is 1.49. The van der Waals surface area contributed by atoms with Gasteiger partial charge in [-0.05, 0) is 49.5 Å². The number of halogens is 1. The second kappa shape index (κ2) is 6.92. The Hall–Kier alpha value is -0.540. The minimum absolute atomic E-state index is 0.622. The summed E-state index contributed by atoms with van der Waals surface area (Å²) in [5, 5.41) is 4.01. The normalized spacial score (nSPS) is 10.4. The molecule has 0 fully saturated rings. The van der Waals surface area contributed by atoms with Crippen molar-refractivity contribution >= 4 is 34.7 Å². The van der Waals surface area contributed by atoms with E-state index < -0.39 is 0 Å². The van der Waals surface area contributed by atoms with Gasteiger partial charge in [-0.1, -0.05) is 11.6 Å². The number of aryl methyl sites for hydroxylation is 1. The summed E-state index contributed by atoms with van der Waals surface area (Å²) < 4.78 is 0. The lowest BCUT2D eigenvalue weighted by molar-refractivity contribution is 0.843. The molecule has 0 saturated carbocycles. The maximum absolute atomic E-state index is 5.98. The first kappa shape index (κ1) is 13.5. The smallest absolute Gasteiger partial charge is 0.0656 e. The molecule has 0 spiro atoms. The molecular weight excluding hydrogens is 240 g/mol. The minimum atomic E-state index is 0.622.